The molecule has 122 valence electrons. The Hall–Kier alpha value is -1.64. The van der Waals surface area contributed by atoms with Crippen molar-refractivity contribution in [2.45, 2.75) is 31.2 Å². The summed E-state index contributed by atoms with van der Waals surface area (Å²) in [4.78, 5) is 21.7. The van der Waals surface area contributed by atoms with Crippen molar-refractivity contribution in [2.24, 2.45) is 5.92 Å². The third-order valence-electron chi connectivity index (χ3n) is 3.23. The van der Waals surface area contributed by atoms with Crippen LogP contribution in [0.2, 0.25) is 5.02 Å². The normalized spacial score (nSPS) is 14.3. The molecule has 0 aliphatic rings. The first-order valence-corrected chi connectivity index (χ1v) is 8.24. The van der Waals surface area contributed by atoms with E-state index >= 15 is 0 Å². The number of hydrogen-bond donors (Lipinski definition) is 3. The fourth-order valence-corrected chi connectivity index (χ4v) is 3.54. The number of benzene rings is 1. The highest BCUT2D eigenvalue weighted by atomic mass is 35.5. The quantitative estimate of drug-likeness (QED) is 0.690. The Morgan fingerprint density at radius 3 is 2.36 bits per heavy atom. The van der Waals surface area contributed by atoms with Crippen molar-refractivity contribution in [1.29, 1.82) is 0 Å². The maximum Gasteiger partial charge on any atom is 0.335 e. The number of rotatable bonds is 7. The lowest BCUT2D eigenvalue weighted by atomic mass is 10.0. The van der Waals surface area contributed by atoms with Crippen molar-refractivity contribution in [2.75, 3.05) is 0 Å². The summed E-state index contributed by atoms with van der Waals surface area (Å²) in [5.41, 5.74) is -0.264. The van der Waals surface area contributed by atoms with Crippen LogP contribution in [0.3, 0.4) is 0 Å². The van der Waals surface area contributed by atoms with Gasteiger partial charge < -0.3 is 10.2 Å². The Labute approximate surface area is 133 Å². The van der Waals surface area contributed by atoms with Crippen LogP contribution in [0, 0.1) is 5.92 Å². The molecule has 0 saturated heterocycles. The second-order valence-corrected chi connectivity index (χ2v) is 6.86. The summed E-state index contributed by atoms with van der Waals surface area (Å²) in [7, 11) is -4.27. The van der Waals surface area contributed by atoms with Crippen molar-refractivity contribution in [3.63, 3.8) is 0 Å². The molecule has 0 amide bonds. The van der Waals surface area contributed by atoms with E-state index in [1.165, 1.54) is 0 Å². The van der Waals surface area contributed by atoms with Crippen molar-refractivity contribution >= 4 is 33.6 Å². The summed E-state index contributed by atoms with van der Waals surface area (Å²) in [6.07, 6.45) is 0.447. The minimum atomic E-state index is -4.27. The van der Waals surface area contributed by atoms with Gasteiger partial charge in [0.1, 0.15) is 10.9 Å². The van der Waals surface area contributed by atoms with Gasteiger partial charge in [-0.2, -0.15) is 4.72 Å². The number of hydrogen-bond acceptors (Lipinski definition) is 4. The average molecular weight is 350 g/mol. The molecule has 7 nitrogen and oxygen atoms in total. The maximum absolute atomic E-state index is 12.3. The van der Waals surface area contributed by atoms with Crippen LogP contribution in [-0.4, -0.2) is 36.6 Å². The first-order chi connectivity index (χ1) is 10.1. The highest BCUT2D eigenvalue weighted by Gasteiger charge is 2.30. The highest BCUT2D eigenvalue weighted by molar-refractivity contribution is 7.89. The van der Waals surface area contributed by atoms with Crippen LogP contribution in [0.15, 0.2) is 23.1 Å². The fraction of sp³-hybridized carbons (Fsp3) is 0.385. The summed E-state index contributed by atoms with van der Waals surface area (Å²) < 4.78 is 26.7. The summed E-state index contributed by atoms with van der Waals surface area (Å²) in [5.74, 6) is -3.08. The van der Waals surface area contributed by atoms with Gasteiger partial charge in [0.05, 0.1) is 10.6 Å². The second-order valence-electron chi connectivity index (χ2n) is 4.77. The molecule has 0 bridgehead atoms. The molecule has 0 aliphatic carbocycles. The van der Waals surface area contributed by atoms with E-state index in [0.717, 1.165) is 18.2 Å². The van der Waals surface area contributed by atoms with Crippen LogP contribution in [-0.2, 0) is 14.8 Å². The smallest absolute Gasteiger partial charge is 0.335 e. The lowest BCUT2D eigenvalue weighted by molar-refractivity contribution is -0.140. The first kappa shape index (κ1) is 18.4. The fourth-order valence-electron chi connectivity index (χ4n) is 1.72. The average Bonchev–Trinajstić information content (AvgIpc) is 2.43. The molecule has 1 rings (SSSR count). The zero-order chi connectivity index (χ0) is 17.1. The van der Waals surface area contributed by atoms with E-state index in [1.807, 2.05) is 0 Å². The number of nitrogens with one attached hydrogen (secondary N) is 1. The lowest BCUT2D eigenvalue weighted by Crippen LogP contribution is -2.45. The largest absolute Gasteiger partial charge is 0.480 e. The summed E-state index contributed by atoms with van der Waals surface area (Å²) >= 11 is 5.80. The van der Waals surface area contributed by atoms with Crippen LogP contribution in [0.25, 0.3) is 0 Å². The van der Waals surface area contributed by atoms with E-state index in [4.69, 9.17) is 21.8 Å². The predicted octanol–water partition coefficient (Wildman–Crippen LogP) is 1.82. The third kappa shape index (κ3) is 4.19. The van der Waals surface area contributed by atoms with Crippen LogP contribution < -0.4 is 4.72 Å². The molecule has 9 heteroatoms. The standard InChI is InChI=1S/C13H16ClNO6S/c1-3-7(2)11(13(18)19)15-22(20,21)10-6-8(12(16)17)4-5-9(10)14/h4-7,11,15H,3H2,1-2H3,(H,16,17)(H,18,19)/t7-,11+/m0/s1. The molecular formula is C13H16ClNO6S. The number of aliphatic carboxylic acids is 1. The van der Waals surface area contributed by atoms with E-state index in [-0.39, 0.29) is 10.6 Å². The van der Waals surface area contributed by atoms with Gasteiger partial charge in [0.2, 0.25) is 10.0 Å². The summed E-state index contributed by atoms with van der Waals surface area (Å²) in [5, 5.41) is 17.9. The van der Waals surface area contributed by atoms with E-state index in [1.54, 1.807) is 13.8 Å². The Balaban J connectivity index is 3.26. The SMILES string of the molecule is CC[C@H](C)[C@@H](NS(=O)(=O)c1cc(C(=O)O)ccc1Cl)C(=O)O. The molecule has 0 unspecified atom stereocenters. The number of halogens is 1. The zero-order valence-electron chi connectivity index (χ0n) is 11.9. The van der Waals surface area contributed by atoms with E-state index in [0.29, 0.717) is 6.42 Å². The van der Waals surface area contributed by atoms with Gasteiger partial charge in [-0.25, -0.2) is 13.2 Å². The Bertz CT molecular complexity index is 688. The molecule has 0 heterocycles. The molecular weight excluding hydrogens is 334 g/mol. The molecule has 0 spiro atoms. The third-order valence-corrected chi connectivity index (χ3v) is 5.15. The van der Waals surface area contributed by atoms with Crippen LogP contribution in [0.4, 0.5) is 0 Å². The van der Waals surface area contributed by atoms with Crippen LogP contribution in [0.1, 0.15) is 30.6 Å². The summed E-state index contributed by atoms with van der Waals surface area (Å²) in [6, 6.07) is 1.85. The molecule has 0 saturated carbocycles. The topological polar surface area (TPSA) is 121 Å². The van der Waals surface area contributed by atoms with E-state index in [9.17, 15) is 18.0 Å². The van der Waals surface area contributed by atoms with Gasteiger partial charge in [0.25, 0.3) is 0 Å². The Morgan fingerprint density at radius 2 is 1.91 bits per heavy atom. The van der Waals surface area contributed by atoms with Gasteiger partial charge >= 0.3 is 11.9 Å². The molecule has 1 aromatic carbocycles. The van der Waals surface area contributed by atoms with Crippen molar-refractivity contribution in [1.82, 2.24) is 4.72 Å². The highest BCUT2D eigenvalue weighted by Crippen LogP contribution is 2.24. The minimum absolute atomic E-state index is 0.189. The van der Waals surface area contributed by atoms with Gasteiger partial charge in [-0.3, -0.25) is 4.79 Å². The summed E-state index contributed by atoms with van der Waals surface area (Å²) in [6.45, 7) is 3.32. The Kier molecular flexibility index (Phi) is 5.92. The molecule has 1 aromatic rings. The van der Waals surface area contributed by atoms with Crippen molar-refractivity contribution < 1.29 is 28.2 Å². The molecule has 0 aromatic heterocycles. The van der Waals surface area contributed by atoms with Gasteiger partial charge in [-0.05, 0) is 24.1 Å². The molecule has 3 N–H and O–H groups in total. The van der Waals surface area contributed by atoms with Gasteiger partial charge in [-0.15, -0.1) is 0 Å². The zero-order valence-corrected chi connectivity index (χ0v) is 13.5. The van der Waals surface area contributed by atoms with Gasteiger partial charge in [0, 0.05) is 0 Å². The van der Waals surface area contributed by atoms with Crippen LogP contribution in [0.5, 0.6) is 0 Å². The van der Waals surface area contributed by atoms with E-state index in [2.05, 4.69) is 4.72 Å². The van der Waals surface area contributed by atoms with Crippen molar-refractivity contribution in [3.05, 3.63) is 28.8 Å². The number of sulfonamides is 1. The monoisotopic (exact) mass is 349 g/mol. The van der Waals surface area contributed by atoms with Crippen molar-refractivity contribution in [3.8, 4) is 0 Å². The predicted molar refractivity (Wildman–Crippen MR) is 79.6 cm³/mol. The molecule has 0 fully saturated rings. The van der Waals surface area contributed by atoms with Gasteiger partial charge in [-0.1, -0.05) is 31.9 Å². The number of carboxylic acid groups (broad SMARTS) is 2. The molecule has 0 radical (unpaired) electrons. The number of carbonyl (C=O) groups is 2. The molecule has 0 aliphatic heterocycles. The lowest BCUT2D eigenvalue weighted by Gasteiger charge is -2.20. The maximum atomic E-state index is 12.3. The number of aromatic carboxylic acids is 1. The van der Waals surface area contributed by atoms with E-state index < -0.39 is 38.8 Å². The first-order valence-electron chi connectivity index (χ1n) is 6.38. The molecule has 2 atom stereocenters. The van der Waals surface area contributed by atoms with Crippen LogP contribution >= 0.6 is 11.6 Å². The molecule has 22 heavy (non-hydrogen) atoms. The van der Waals surface area contributed by atoms with Gasteiger partial charge in [0.15, 0.2) is 0 Å². The minimum Gasteiger partial charge on any atom is -0.480 e. The Morgan fingerprint density at radius 1 is 1.32 bits per heavy atom. The second kappa shape index (κ2) is 7.08. The number of carboxylic acids is 2.